The molecule has 6 nitrogen and oxygen atoms in total. The standard InChI is InChI=1S/C23H20Cl2N2O4S/c1-2-3-13-30-22(29)14-7-9-15(10-8-14)26-23(32)27-21(28)19-12-11-18(31-19)16-5-4-6-17(24)20(16)25/h4-12H,2-3,13H2,1H3,(H2,26,27,28,32). The molecule has 0 atom stereocenters. The molecule has 0 saturated heterocycles. The quantitative estimate of drug-likeness (QED) is 0.228. The number of halogens is 2. The molecule has 3 rings (SSSR count). The second kappa shape index (κ2) is 11.1. The largest absolute Gasteiger partial charge is 0.462 e. The maximum Gasteiger partial charge on any atom is 0.338 e. The first kappa shape index (κ1) is 23.8. The van der Waals surface area contributed by atoms with E-state index in [4.69, 9.17) is 44.6 Å². The van der Waals surface area contributed by atoms with Gasteiger partial charge in [0, 0.05) is 11.3 Å². The third-order valence-corrected chi connectivity index (χ3v) is 5.41. The van der Waals surface area contributed by atoms with Crippen LogP contribution in [0.3, 0.4) is 0 Å². The summed E-state index contributed by atoms with van der Waals surface area (Å²) in [5.41, 5.74) is 1.61. The van der Waals surface area contributed by atoms with E-state index in [1.807, 2.05) is 6.92 Å². The fourth-order valence-electron chi connectivity index (χ4n) is 2.71. The number of esters is 1. The van der Waals surface area contributed by atoms with Gasteiger partial charge in [0.15, 0.2) is 10.9 Å². The Labute approximate surface area is 200 Å². The monoisotopic (exact) mass is 490 g/mol. The van der Waals surface area contributed by atoms with Crippen molar-refractivity contribution >= 4 is 58.1 Å². The summed E-state index contributed by atoms with van der Waals surface area (Å²) in [6, 6.07) is 14.9. The van der Waals surface area contributed by atoms with E-state index in [9.17, 15) is 9.59 Å². The molecule has 32 heavy (non-hydrogen) atoms. The van der Waals surface area contributed by atoms with Gasteiger partial charge in [-0.3, -0.25) is 10.1 Å². The van der Waals surface area contributed by atoms with Gasteiger partial charge in [0.05, 0.1) is 22.2 Å². The normalized spacial score (nSPS) is 10.5. The lowest BCUT2D eigenvalue weighted by atomic mass is 10.2. The van der Waals surface area contributed by atoms with Crippen molar-refractivity contribution < 1.29 is 18.7 Å². The number of carbonyl (C=O) groups is 2. The minimum absolute atomic E-state index is 0.0605. The molecule has 1 heterocycles. The number of carbonyl (C=O) groups excluding carboxylic acids is 2. The zero-order valence-corrected chi connectivity index (χ0v) is 19.4. The molecule has 0 spiro atoms. The van der Waals surface area contributed by atoms with Gasteiger partial charge >= 0.3 is 5.97 Å². The maximum absolute atomic E-state index is 12.5. The summed E-state index contributed by atoms with van der Waals surface area (Å²) in [5, 5.41) is 6.23. The lowest BCUT2D eigenvalue weighted by Gasteiger charge is -2.09. The number of rotatable bonds is 7. The van der Waals surface area contributed by atoms with Crippen LogP contribution in [0.4, 0.5) is 5.69 Å². The smallest absolute Gasteiger partial charge is 0.338 e. The van der Waals surface area contributed by atoms with E-state index < -0.39 is 5.91 Å². The van der Waals surface area contributed by atoms with Crippen molar-refractivity contribution in [3.63, 3.8) is 0 Å². The van der Waals surface area contributed by atoms with E-state index in [0.717, 1.165) is 12.8 Å². The zero-order chi connectivity index (χ0) is 23.1. The summed E-state index contributed by atoms with van der Waals surface area (Å²) in [6.45, 7) is 2.42. The van der Waals surface area contributed by atoms with Crippen LogP contribution in [0.15, 0.2) is 59.0 Å². The van der Waals surface area contributed by atoms with E-state index in [0.29, 0.717) is 39.2 Å². The Kier molecular flexibility index (Phi) is 8.27. The van der Waals surface area contributed by atoms with Crippen molar-refractivity contribution in [3.05, 3.63) is 76.0 Å². The summed E-state index contributed by atoms with van der Waals surface area (Å²) in [5.74, 6) is -0.439. The average molecular weight is 491 g/mol. The average Bonchev–Trinajstić information content (AvgIpc) is 3.26. The Hall–Kier alpha value is -2.87. The van der Waals surface area contributed by atoms with Gasteiger partial charge in [-0.25, -0.2) is 4.79 Å². The van der Waals surface area contributed by atoms with Gasteiger partial charge in [0.25, 0.3) is 5.91 Å². The van der Waals surface area contributed by atoms with Crippen molar-refractivity contribution in [2.45, 2.75) is 19.8 Å². The number of nitrogens with one attached hydrogen (secondary N) is 2. The molecule has 3 aromatic rings. The number of unbranched alkanes of at least 4 members (excludes halogenated alkanes) is 1. The SMILES string of the molecule is CCCCOC(=O)c1ccc(NC(=S)NC(=O)c2ccc(-c3cccc(Cl)c3Cl)o2)cc1. The first-order chi connectivity index (χ1) is 15.4. The highest BCUT2D eigenvalue weighted by Gasteiger charge is 2.16. The molecule has 2 aromatic carbocycles. The van der Waals surface area contributed by atoms with E-state index in [2.05, 4.69) is 10.6 Å². The van der Waals surface area contributed by atoms with Crippen LogP contribution in [0.1, 0.15) is 40.7 Å². The number of ether oxygens (including phenoxy) is 1. The fourth-order valence-corrected chi connectivity index (χ4v) is 3.31. The minimum atomic E-state index is -0.525. The maximum atomic E-state index is 12.5. The van der Waals surface area contributed by atoms with E-state index in [1.54, 1.807) is 48.5 Å². The zero-order valence-electron chi connectivity index (χ0n) is 17.1. The summed E-state index contributed by atoms with van der Waals surface area (Å²) in [6.07, 6.45) is 1.77. The van der Waals surface area contributed by atoms with Crippen LogP contribution in [-0.2, 0) is 4.74 Å². The van der Waals surface area contributed by atoms with E-state index in [1.165, 1.54) is 6.07 Å². The van der Waals surface area contributed by atoms with Crippen molar-refractivity contribution in [3.8, 4) is 11.3 Å². The molecule has 0 aliphatic heterocycles. The second-order valence-corrected chi connectivity index (χ2v) is 7.93. The van der Waals surface area contributed by atoms with Gasteiger partial charge < -0.3 is 14.5 Å². The van der Waals surface area contributed by atoms with Crippen LogP contribution in [0.5, 0.6) is 0 Å². The number of thiocarbonyl (C=S) groups is 1. The summed E-state index contributed by atoms with van der Waals surface area (Å²) in [7, 11) is 0. The summed E-state index contributed by atoms with van der Waals surface area (Å²) >= 11 is 17.4. The number of hydrogen-bond acceptors (Lipinski definition) is 5. The fraction of sp³-hybridized carbons (Fsp3) is 0.174. The van der Waals surface area contributed by atoms with Crippen LogP contribution in [0.2, 0.25) is 10.0 Å². The first-order valence-corrected chi connectivity index (χ1v) is 11.0. The van der Waals surface area contributed by atoms with Crippen molar-refractivity contribution in [2.24, 2.45) is 0 Å². The number of amides is 1. The molecule has 2 N–H and O–H groups in total. The topological polar surface area (TPSA) is 80.6 Å². The molecule has 1 amide bonds. The highest BCUT2D eigenvalue weighted by molar-refractivity contribution is 7.80. The molecule has 9 heteroatoms. The Morgan fingerprint density at radius 2 is 1.81 bits per heavy atom. The lowest BCUT2D eigenvalue weighted by molar-refractivity contribution is 0.0499. The number of anilines is 1. The van der Waals surface area contributed by atoms with E-state index in [-0.39, 0.29) is 16.8 Å². The van der Waals surface area contributed by atoms with Crippen molar-refractivity contribution in [1.82, 2.24) is 5.32 Å². The van der Waals surface area contributed by atoms with Crippen molar-refractivity contribution in [1.29, 1.82) is 0 Å². The Morgan fingerprint density at radius 3 is 2.53 bits per heavy atom. The Bertz CT molecular complexity index is 1130. The molecule has 0 fully saturated rings. The van der Waals surface area contributed by atoms with Crippen LogP contribution >= 0.6 is 35.4 Å². The van der Waals surface area contributed by atoms with Gasteiger partial charge in [-0.2, -0.15) is 0 Å². The Balaban J connectivity index is 1.57. The van der Waals surface area contributed by atoms with Crippen LogP contribution in [0.25, 0.3) is 11.3 Å². The highest BCUT2D eigenvalue weighted by atomic mass is 35.5. The third kappa shape index (κ3) is 6.09. The molecular weight excluding hydrogens is 471 g/mol. The Morgan fingerprint density at radius 1 is 1.06 bits per heavy atom. The van der Waals surface area contributed by atoms with Crippen LogP contribution in [0, 0.1) is 0 Å². The van der Waals surface area contributed by atoms with Gasteiger partial charge in [-0.1, -0.05) is 42.6 Å². The molecule has 0 saturated carbocycles. The van der Waals surface area contributed by atoms with Crippen LogP contribution in [-0.4, -0.2) is 23.6 Å². The molecule has 0 unspecified atom stereocenters. The molecule has 166 valence electrons. The number of benzene rings is 2. The van der Waals surface area contributed by atoms with Crippen molar-refractivity contribution in [2.75, 3.05) is 11.9 Å². The minimum Gasteiger partial charge on any atom is -0.462 e. The molecule has 0 bridgehead atoms. The third-order valence-electron chi connectivity index (χ3n) is 4.38. The van der Waals surface area contributed by atoms with Gasteiger partial charge in [-0.05, 0) is 67.2 Å². The van der Waals surface area contributed by atoms with Crippen LogP contribution < -0.4 is 10.6 Å². The number of furan rings is 1. The summed E-state index contributed by atoms with van der Waals surface area (Å²) < 4.78 is 10.8. The highest BCUT2D eigenvalue weighted by Crippen LogP contribution is 2.34. The predicted molar refractivity (Wildman–Crippen MR) is 129 cm³/mol. The molecule has 1 aromatic heterocycles. The molecule has 0 aliphatic rings. The van der Waals surface area contributed by atoms with Gasteiger partial charge in [0.2, 0.25) is 0 Å². The molecular formula is C23H20Cl2N2O4S. The first-order valence-electron chi connectivity index (χ1n) is 9.82. The second-order valence-electron chi connectivity index (χ2n) is 6.74. The summed E-state index contributed by atoms with van der Waals surface area (Å²) in [4.78, 5) is 24.4. The predicted octanol–water partition coefficient (Wildman–Crippen LogP) is 6.34. The number of hydrogen-bond donors (Lipinski definition) is 2. The van der Waals surface area contributed by atoms with Gasteiger partial charge in [-0.15, -0.1) is 0 Å². The van der Waals surface area contributed by atoms with E-state index >= 15 is 0 Å². The van der Waals surface area contributed by atoms with Gasteiger partial charge in [0.1, 0.15) is 5.76 Å². The molecule has 0 aliphatic carbocycles. The lowest BCUT2D eigenvalue weighted by Crippen LogP contribution is -2.33. The molecule has 0 radical (unpaired) electrons.